The third-order valence-corrected chi connectivity index (χ3v) is 12.4. The van der Waals surface area contributed by atoms with Crippen molar-refractivity contribution in [1.29, 1.82) is 0 Å². The van der Waals surface area contributed by atoms with Crippen LogP contribution in [-0.4, -0.2) is 326 Å². The highest BCUT2D eigenvalue weighted by Gasteiger charge is 2.56. The second-order valence-electron chi connectivity index (χ2n) is 16.8. The fourth-order valence-electron chi connectivity index (χ4n) is 8.29. The molecule has 0 spiro atoms. The second kappa shape index (κ2) is 23.5. The van der Waals surface area contributed by atoms with Gasteiger partial charge < -0.3 is 154 Å². The van der Waals surface area contributed by atoms with Gasteiger partial charge in [0.1, 0.15) is 146 Å². The van der Waals surface area contributed by atoms with E-state index >= 15 is 0 Å². The first kappa shape index (κ1) is 55.1. The second-order valence-corrected chi connectivity index (χ2v) is 16.8. The molecule has 0 radical (unpaired) electrons. The number of rotatable bonds is 16. The predicted molar refractivity (Wildman–Crippen MR) is 199 cm³/mol. The molecule has 6 aliphatic rings. The maximum Gasteiger partial charge on any atom is 0.187 e. The minimum absolute atomic E-state index is 0.790. The average Bonchev–Trinajstić information content (AvgIpc) is 3.31. The van der Waals surface area contributed by atoms with E-state index in [0.717, 1.165) is 0 Å². The van der Waals surface area contributed by atoms with Crippen LogP contribution in [0.3, 0.4) is 0 Å². The molecule has 6 aliphatic heterocycles. The molecule has 0 aromatic carbocycles. The van der Waals surface area contributed by atoms with E-state index in [2.05, 4.69) is 0 Å². The lowest BCUT2D eigenvalue weighted by atomic mass is 9.95. The maximum atomic E-state index is 11.6. The van der Waals surface area contributed by atoms with Crippen LogP contribution in [0.15, 0.2) is 0 Å². The summed E-state index contributed by atoms with van der Waals surface area (Å²) in [7, 11) is 0. The van der Waals surface area contributed by atoms with Crippen LogP contribution < -0.4 is 0 Å². The molecule has 6 heterocycles. The lowest BCUT2D eigenvalue weighted by Crippen LogP contribution is -2.68. The van der Waals surface area contributed by atoms with E-state index < -0.39 is 224 Å². The summed E-state index contributed by atoms with van der Waals surface area (Å²) in [6.45, 7) is -5.31. The smallest absolute Gasteiger partial charge is 0.187 e. The summed E-state index contributed by atoms with van der Waals surface area (Å²) < 4.78 is 60.5. The molecule has 31 nitrogen and oxygen atoms in total. The molecular formula is C36H62O31. The van der Waals surface area contributed by atoms with Crippen LogP contribution in [0, 0.1) is 0 Å². The molecule has 0 amide bonds. The van der Waals surface area contributed by atoms with E-state index in [-0.39, 0.29) is 0 Å². The van der Waals surface area contributed by atoms with Crippen LogP contribution in [0.1, 0.15) is 0 Å². The highest BCUT2D eigenvalue weighted by atomic mass is 16.8. The van der Waals surface area contributed by atoms with Crippen molar-refractivity contribution >= 4 is 0 Å². The molecule has 67 heavy (non-hydrogen) atoms. The average molecular weight is 991 g/mol. The van der Waals surface area contributed by atoms with E-state index in [1.807, 2.05) is 0 Å². The lowest BCUT2D eigenvalue weighted by molar-refractivity contribution is -0.393. The Kier molecular flexibility index (Phi) is 19.4. The number of ether oxygens (including phenoxy) is 11. The van der Waals surface area contributed by atoms with Gasteiger partial charge in [0.05, 0.1) is 39.6 Å². The van der Waals surface area contributed by atoms with Gasteiger partial charge in [0.25, 0.3) is 0 Å². The molecule has 0 aromatic rings. The summed E-state index contributed by atoms with van der Waals surface area (Å²) in [5.41, 5.74) is 0. The van der Waals surface area contributed by atoms with Crippen LogP contribution >= 0.6 is 0 Å². The molecule has 392 valence electrons. The summed E-state index contributed by atoms with van der Waals surface area (Å²) in [4.78, 5) is 0. The zero-order valence-corrected chi connectivity index (χ0v) is 35.0. The van der Waals surface area contributed by atoms with E-state index in [4.69, 9.17) is 52.1 Å². The van der Waals surface area contributed by atoms with E-state index in [1.54, 1.807) is 0 Å². The molecule has 0 aliphatic carbocycles. The van der Waals surface area contributed by atoms with E-state index in [1.165, 1.54) is 0 Å². The summed E-state index contributed by atoms with van der Waals surface area (Å²) in [6, 6.07) is 0. The minimum atomic E-state index is -2.27. The van der Waals surface area contributed by atoms with Crippen molar-refractivity contribution in [2.45, 2.75) is 184 Å². The van der Waals surface area contributed by atoms with Crippen LogP contribution in [0.5, 0.6) is 0 Å². The number of aliphatic hydroxyl groups is 20. The first-order valence-corrected chi connectivity index (χ1v) is 21.1. The maximum absolute atomic E-state index is 11.6. The van der Waals surface area contributed by atoms with Crippen molar-refractivity contribution in [2.24, 2.45) is 0 Å². The van der Waals surface area contributed by atoms with Gasteiger partial charge in [-0.3, -0.25) is 0 Å². The fourth-order valence-corrected chi connectivity index (χ4v) is 8.29. The van der Waals surface area contributed by atoms with Gasteiger partial charge >= 0.3 is 0 Å². The zero-order valence-electron chi connectivity index (χ0n) is 35.0. The monoisotopic (exact) mass is 990 g/mol. The SMILES string of the molecule is OCC1OC(OCC2O[C@H](O)C(O)C(OC3OC(CO)C(O)C(OC4OC(COC5OC(CO)C(O)C(O)C5O)[C@@H](O)C(OC5OC(CO)C(O)C(O)C5O)C4O)C3O)C2O)C(O)C(O)C1O. The summed E-state index contributed by atoms with van der Waals surface area (Å²) >= 11 is 0. The standard InChI is InChI=1S/C36H62O31/c37-1-7-13(41)19(47)22(50)32(60-7)57-5-11-17(45)28(25(53)31(56)59-11)65-35-26(54)29(16(44)10(4-40)63-35)67-36-27(55)30(66-34-24(52)21(49)15(43)9(3-39)62-34)18(46)12(64-36)6-58-33-23(51)20(48)14(42)8(2-38)61-33/h7-56H,1-6H2/t7?,8?,9?,10?,11?,12?,13?,14?,15?,16?,17?,18-,19?,20?,21?,22?,23?,24?,25?,26?,27?,28?,29?,30?,31+,32?,33?,34?,35?,36?/m1/s1. The van der Waals surface area contributed by atoms with E-state index in [0.29, 0.717) is 0 Å². The first-order valence-electron chi connectivity index (χ1n) is 21.1. The number of hydrogen-bond donors (Lipinski definition) is 20. The van der Waals surface area contributed by atoms with Crippen molar-refractivity contribution in [2.75, 3.05) is 39.6 Å². The van der Waals surface area contributed by atoms with Crippen LogP contribution in [-0.2, 0) is 52.1 Å². The molecule has 28 unspecified atom stereocenters. The lowest BCUT2D eigenvalue weighted by Gasteiger charge is -2.49. The van der Waals surface area contributed by atoms with Crippen molar-refractivity contribution < 1.29 is 154 Å². The van der Waals surface area contributed by atoms with Gasteiger partial charge in [-0.25, -0.2) is 0 Å². The highest BCUT2D eigenvalue weighted by Crippen LogP contribution is 2.35. The summed E-state index contributed by atoms with van der Waals surface area (Å²) in [6.07, 6.45) is -57.8. The highest BCUT2D eigenvalue weighted by molar-refractivity contribution is 4.99. The summed E-state index contributed by atoms with van der Waals surface area (Å²) in [5, 5.41) is 210. The Hall–Kier alpha value is -1.24. The molecule has 0 saturated carbocycles. The molecule has 6 rings (SSSR count). The molecule has 6 fully saturated rings. The van der Waals surface area contributed by atoms with Gasteiger partial charge in [0.2, 0.25) is 0 Å². The molecule has 31 heteroatoms. The molecule has 0 aromatic heterocycles. The molecule has 20 N–H and O–H groups in total. The van der Waals surface area contributed by atoms with Crippen molar-refractivity contribution in [3.05, 3.63) is 0 Å². The van der Waals surface area contributed by atoms with Crippen LogP contribution in [0.25, 0.3) is 0 Å². The van der Waals surface area contributed by atoms with Gasteiger partial charge in [0.15, 0.2) is 37.7 Å². The molecule has 30 atom stereocenters. The van der Waals surface area contributed by atoms with Gasteiger partial charge in [0, 0.05) is 0 Å². The Balaban J connectivity index is 1.20. The quantitative estimate of drug-likeness (QED) is 0.0683. The fraction of sp³-hybridized carbons (Fsp3) is 1.00. The third kappa shape index (κ3) is 11.5. The largest absolute Gasteiger partial charge is 0.394 e. The van der Waals surface area contributed by atoms with Crippen LogP contribution in [0.2, 0.25) is 0 Å². The van der Waals surface area contributed by atoms with Gasteiger partial charge in [-0.1, -0.05) is 0 Å². The Morgan fingerprint density at radius 3 is 0.896 bits per heavy atom. The number of hydrogen-bond acceptors (Lipinski definition) is 31. The Bertz CT molecular complexity index is 1500. The van der Waals surface area contributed by atoms with E-state index in [9.17, 15) is 102 Å². The minimum Gasteiger partial charge on any atom is -0.394 e. The van der Waals surface area contributed by atoms with Crippen molar-refractivity contribution in [3.8, 4) is 0 Å². The Morgan fingerprint density at radius 2 is 0.522 bits per heavy atom. The topological polar surface area (TPSA) is 506 Å². The Labute approximate surface area is 378 Å². The normalized spacial score (nSPS) is 53.4. The van der Waals surface area contributed by atoms with Crippen LogP contribution in [0.4, 0.5) is 0 Å². The first-order chi connectivity index (χ1) is 31.7. The van der Waals surface area contributed by atoms with Crippen molar-refractivity contribution in [1.82, 2.24) is 0 Å². The zero-order chi connectivity index (χ0) is 49.3. The predicted octanol–water partition coefficient (Wildman–Crippen LogP) is -14.1. The summed E-state index contributed by atoms with van der Waals surface area (Å²) in [5.74, 6) is 0. The van der Waals surface area contributed by atoms with Gasteiger partial charge in [-0.05, 0) is 0 Å². The Morgan fingerprint density at radius 1 is 0.254 bits per heavy atom. The molecular weight excluding hydrogens is 928 g/mol. The number of aliphatic hydroxyl groups excluding tert-OH is 20. The van der Waals surface area contributed by atoms with Gasteiger partial charge in [-0.15, -0.1) is 0 Å². The van der Waals surface area contributed by atoms with Gasteiger partial charge in [-0.2, -0.15) is 0 Å². The van der Waals surface area contributed by atoms with Crippen molar-refractivity contribution in [3.63, 3.8) is 0 Å². The third-order valence-electron chi connectivity index (χ3n) is 12.4. The molecule has 0 bridgehead atoms. The molecule has 6 saturated heterocycles.